The summed E-state index contributed by atoms with van der Waals surface area (Å²) in [6.07, 6.45) is 6.07. The summed E-state index contributed by atoms with van der Waals surface area (Å²) in [6.45, 7) is 3.88. The molecule has 1 saturated heterocycles. The summed E-state index contributed by atoms with van der Waals surface area (Å²) in [4.78, 5) is 19.2. The number of rotatable bonds is 4. The molecule has 26 heavy (non-hydrogen) atoms. The molecule has 1 aromatic heterocycles. The van der Waals surface area contributed by atoms with Crippen molar-refractivity contribution in [1.82, 2.24) is 9.80 Å². The number of benzene rings is 1. The van der Waals surface area contributed by atoms with Gasteiger partial charge in [0.25, 0.3) is 5.91 Å². The van der Waals surface area contributed by atoms with Crippen LogP contribution in [0.3, 0.4) is 0 Å². The van der Waals surface area contributed by atoms with Gasteiger partial charge < -0.3 is 4.90 Å². The Kier molecular flexibility index (Phi) is 4.66. The van der Waals surface area contributed by atoms with E-state index in [0.29, 0.717) is 0 Å². The van der Waals surface area contributed by atoms with Gasteiger partial charge in [0, 0.05) is 23.5 Å². The Hall–Kier alpha value is -1.65. The molecule has 0 unspecified atom stereocenters. The van der Waals surface area contributed by atoms with Gasteiger partial charge in [-0.3, -0.25) is 9.69 Å². The first-order chi connectivity index (χ1) is 12.5. The average molecular weight is 369 g/mol. The molecule has 1 aromatic carbocycles. The zero-order valence-corrected chi connectivity index (χ0v) is 16.9. The lowest BCUT2D eigenvalue weighted by Gasteiger charge is -2.48. The number of hydrogen-bond acceptors (Lipinski definition) is 3. The number of carbonyl (C=O) groups is 1. The number of amides is 1. The van der Waals surface area contributed by atoms with Crippen LogP contribution in [0.4, 0.5) is 0 Å². The van der Waals surface area contributed by atoms with E-state index in [-0.39, 0.29) is 11.4 Å². The van der Waals surface area contributed by atoms with Crippen molar-refractivity contribution in [3.63, 3.8) is 0 Å². The lowest BCUT2D eigenvalue weighted by Crippen LogP contribution is -2.47. The SMILES string of the molecule is Cc1cc(-c2ccc(C3(N(C)C)CCC3)cc2)sc1C(=O)N1CCCC1. The fraction of sp³-hybridized carbons (Fsp3) is 0.500. The van der Waals surface area contributed by atoms with Gasteiger partial charge in [0.15, 0.2) is 0 Å². The van der Waals surface area contributed by atoms with Crippen LogP contribution in [0.15, 0.2) is 30.3 Å². The smallest absolute Gasteiger partial charge is 0.264 e. The second kappa shape index (κ2) is 6.82. The maximum atomic E-state index is 12.8. The maximum absolute atomic E-state index is 12.8. The summed E-state index contributed by atoms with van der Waals surface area (Å²) in [7, 11) is 4.37. The highest BCUT2D eigenvalue weighted by Crippen LogP contribution is 2.45. The molecule has 2 fully saturated rings. The van der Waals surface area contributed by atoms with Crippen LogP contribution in [-0.4, -0.2) is 42.9 Å². The number of carbonyl (C=O) groups excluding carboxylic acids is 1. The van der Waals surface area contributed by atoms with E-state index < -0.39 is 0 Å². The Morgan fingerprint density at radius 1 is 1.08 bits per heavy atom. The molecule has 1 aliphatic heterocycles. The molecule has 138 valence electrons. The second-order valence-corrected chi connectivity index (χ2v) is 9.03. The van der Waals surface area contributed by atoms with E-state index in [4.69, 9.17) is 0 Å². The van der Waals surface area contributed by atoms with E-state index >= 15 is 0 Å². The van der Waals surface area contributed by atoms with Crippen molar-refractivity contribution in [2.24, 2.45) is 0 Å². The van der Waals surface area contributed by atoms with Gasteiger partial charge in [0.05, 0.1) is 4.88 Å². The largest absolute Gasteiger partial charge is 0.338 e. The van der Waals surface area contributed by atoms with Gasteiger partial charge >= 0.3 is 0 Å². The van der Waals surface area contributed by atoms with Gasteiger partial charge in [0.2, 0.25) is 0 Å². The molecule has 3 nitrogen and oxygen atoms in total. The Morgan fingerprint density at radius 3 is 2.27 bits per heavy atom. The van der Waals surface area contributed by atoms with Crippen molar-refractivity contribution in [2.75, 3.05) is 27.2 Å². The van der Waals surface area contributed by atoms with E-state index in [0.717, 1.165) is 36.4 Å². The molecule has 4 heteroatoms. The van der Waals surface area contributed by atoms with Crippen LogP contribution in [0.5, 0.6) is 0 Å². The summed E-state index contributed by atoms with van der Waals surface area (Å²) >= 11 is 1.65. The maximum Gasteiger partial charge on any atom is 0.264 e. The van der Waals surface area contributed by atoms with E-state index in [1.165, 1.54) is 35.3 Å². The lowest BCUT2D eigenvalue weighted by atomic mass is 9.71. The molecule has 1 amide bonds. The molecular formula is C22H28N2OS. The minimum absolute atomic E-state index is 0.217. The van der Waals surface area contributed by atoms with Crippen LogP contribution in [-0.2, 0) is 5.54 Å². The Bertz CT molecular complexity index is 796. The third kappa shape index (κ3) is 2.89. The van der Waals surface area contributed by atoms with Gasteiger partial charge in [-0.2, -0.15) is 0 Å². The Balaban J connectivity index is 1.58. The van der Waals surface area contributed by atoms with Crippen LogP contribution in [0, 0.1) is 6.92 Å². The van der Waals surface area contributed by atoms with Gasteiger partial charge in [-0.15, -0.1) is 11.3 Å². The number of hydrogen-bond donors (Lipinski definition) is 0. The molecule has 0 N–H and O–H groups in total. The van der Waals surface area contributed by atoms with Crippen molar-refractivity contribution < 1.29 is 4.79 Å². The topological polar surface area (TPSA) is 23.6 Å². The quantitative estimate of drug-likeness (QED) is 0.766. The minimum atomic E-state index is 0.217. The zero-order valence-electron chi connectivity index (χ0n) is 16.0. The van der Waals surface area contributed by atoms with Gasteiger partial charge in [-0.1, -0.05) is 24.3 Å². The molecule has 1 aliphatic carbocycles. The third-order valence-electron chi connectivity index (χ3n) is 6.25. The van der Waals surface area contributed by atoms with Crippen LogP contribution in [0.2, 0.25) is 0 Å². The van der Waals surface area contributed by atoms with Crippen molar-refractivity contribution in [1.29, 1.82) is 0 Å². The molecule has 0 radical (unpaired) electrons. The first kappa shape index (κ1) is 17.7. The van der Waals surface area contributed by atoms with Crippen molar-refractivity contribution in [3.8, 4) is 10.4 Å². The Morgan fingerprint density at radius 2 is 1.73 bits per heavy atom. The summed E-state index contributed by atoms with van der Waals surface area (Å²) in [5.41, 5.74) is 3.96. The molecule has 0 atom stereocenters. The van der Waals surface area contributed by atoms with E-state index in [1.807, 2.05) is 4.90 Å². The standard InChI is InChI=1S/C22H28N2OS/c1-16-15-19(26-20(16)21(25)24-13-4-5-14-24)17-7-9-18(10-8-17)22(23(2)3)11-6-12-22/h7-10,15H,4-6,11-14H2,1-3H3. The average Bonchev–Trinajstić information content (AvgIpc) is 3.23. The summed E-state index contributed by atoms with van der Waals surface area (Å²) < 4.78 is 0. The molecule has 2 heterocycles. The number of thiophene rings is 1. The van der Waals surface area contributed by atoms with Crippen LogP contribution in [0.25, 0.3) is 10.4 Å². The number of aryl methyl sites for hydroxylation is 1. The predicted molar refractivity (Wildman–Crippen MR) is 109 cm³/mol. The Labute approximate surface area is 160 Å². The summed E-state index contributed by atoms with van der Waals surface area (Å²) in [5, 5.41) is 0. The fourth-order valence-corrected chi connectivity index (χ4v) is 5.50. The molecule has 4 rings (SSSR count). The fourth-order valence-electron chi connectivity index (χ4n) is 4.35. The summed E-state index contributed by atoms with van der Waals surface area (Å²) in [6, 6.07) is 11.2. The van der Waals surface area contributed by atoms with E-state index in [9.17, 15) is 4.79 Å². The van der Waals surface area contributed by atoms with Crippen molar-refractivity contribution >= 4 is 17.2 Å². The molecule has 1 saturated carbocycles. The molecule has 2 aliphatic rings. The molecular weight excluding hydrogens is 340 g/mol. The number of likely N-dealkylation sites (tertiary alicyclic amines) is 1. The third-order valence-corrected chi connectivity index (χ3v) is 7.52. The lowest BCUT2D eigenvalue weighted by molar-refractivity contribution is 0.0577. The monoisotopic (exact) mass is 368 g/mol. The highest BCUT2D eigenvalue weighted by molar-refractivity contribution is 7.17. The van der Waals surface area contributed by atoms with Gasteiger partial charge in [-0.25, -0.2) is 0 Å². The van der Waals surface area contributed by atoms with E-state index in [1.54, 1.807) is 11.3 Å². The zero-order chi connectivity index (χ0) is 18.3. The first-order valence-corrected chi connectivity index (χ1v) is 10.5. The number of nitrogens with zero attached hydrogens (tertiary/aromatic N) is 2. The normalized spacial score (nSPS) is 19.0. The second-order valence-electron chi connectivity index (χ2n) is 7.98. The summed E-state index contributed by atoms with van der Waals surface area (Å²) in [5.74, 6) is 0.217. The van der Waals surface area contributed by atoms with Crippen molar-refractivity contribution in [2.45, 2.75) is 44.6 Å². The first-order valence-electron chi connectivity index (χ1n) is 9.69. The minimum Gasteiger partial charge on any atom is -0.338 e. The van der Waals surface area contributed by atoms with Crippen LogP contribution in [0.1, 0.15) is 52.9 Å². The van der Waals surface area contributed by atoms with Crippen LogP contribution >= 0.6 is 11.3 Å². The van der Waals surface area contributed by atoms with Gasteiger partial charge in [-0.05, 0) is 75.9 Å². The van der Waals surface area contributed by atoms with Crippen LogP contribution < -0.4 is 0 Å². The molecule has 0 spiro atoms. The predicted octanol–water partition coefficient (Wildman–Crippen LogP) is 4.90. The van der Waals surface area contributed by atoms with Gasteiger partial charge in [0.1, 0.15) is 0 Å². The molecule has 2 aromatic rings. The molecule has 0 bridgehead atoms. The van der Waals surface area contributed by atoms with Crippen molar-refractivity contribution in [3.05, 3.63) is 46.3 Å². The van der Waals surface area contributed by atoms with E-state index in [2.05, 4.69) is 56.3 Å². The highest BCUT2D eigenvalue weighted by atomic mass is 32.1. The highest BCUT2D eigenvalue weighted by Gasteiger charge is 2.40.